The number of benzene rings is 2. The smallest absolute Gasteiger partial charge is 0.119 e. The Morgan fingerprint density at radius 3 is 1.43 bits per heavy atom. The molecule has 8 nitrogen and oxygen atoms in total. The average Bonchev–Trinajstić information content (AvgIpc) is 2.82. The van der Waals surface area contributed by atoms with Crippen LogP contribution in [0.5, 0.6) is 11.5 Å². The van der Waals surface area contributed by atoms with Crippen LogP contribution >= 0.6 is 0 Å². The van der Waals surface area contributed by atoms with Crippen molar-refractivity contribution in [2.75, 3.05) is 39.6 Å². The van der Waals surface area contributed by atoms with Gasteiger partial charge in [0.25, 0.3) is 0 Å². The molecule has 0 amide bonds. The first kappa shape index (κ1) is 39.3. The molecule has 3 unspecified atom stereocenters. The van der Waals surface area contributed by atoms with E-state index in [9.17, 15) is 15.3 Å². The second kappa shape index (κ2) is 20.9. The van der Waals surface area contributed by atoms with Crippen molar-refractivity contribution in [3.05, 3.63) is 59.7 Å². The standard InChI is InChI=1S/C24H34O8.3Ac/c1-24(2,17-3-7-21(8-4-17)30-14-19(28)11-25)18-5-9-22(10-6-18)32-16-23(13-27)31-15-20(29)12-26;;;/h3-10,19-20,23,25-29H,11-16H2,1-2H3;;;. The minimum Gasteiger partial charge on any atom is -0.491 e. The van der Waals surface area contributed by atoms with Gasteiger partial charge in [0, 0.05) is 138 Å². The number of rotatable bonds is 14. The van der Waals surface area contributed by atoms with Crippen molar-refractivity contribution in [1.29, 1.82) is 0 Å². The van der Waals surface area contributed by atoms with Crippen molar-refractivity contribution in [3.63, 3.8) is 0 Å². The van der Waals surface area contributed by atoms with Crippen LogP contribution in [0, 0.1) is 132 Å². The molecule has 0 saturated heterocycles. The van der Waals surface area contributed by atoms with E-state index in [1.54, 1.807) is 0 Å². The molecule has 2 aromatic rings. The Kier molecular flexibility index (Phi) is 23.5. The summed E-state index contributed by atoms with van der Waals surface area (Å²) in [6.45, 7) is 3.28. The maximum Gasteiger partial charge on any atom is 0.119 e. The normalized spacial score (nSPS) is 13.3. The van der Waals surface area contributed by atoms with E-state index in [1.165, 1.54) is 0 Å². The van der Waals surface area contributed by atoms with Gasteiger partial charge in [-0.15, -0.1) is 0 Å². The Labute approximate surface area is 314 Å². The molecule has 0 aliphatic rings. The van der Waals surface area contributed by atoms with Crippen molar-refractivity contribution in [2.24, 2.45) is 0 Å². The number of aliphatic hydroxyl groups is 5. The molecule has 2 rings (SSSR count). The van der Waals surface area contributed by atoms with Crippen molar-refractivity contribution < 1.29 is 172 Å². The molecule has 0 bridgehead atoms. The molecule has 0 aliphatic heterocycles. The zero-order chi connectivity index (χ0) is 23.6. The minimum absolute atomic E-state index is 0. The Bertz CT molecular complexity index is 790. The molecule has 0 fully saturated rings. The molecule has 0 aromatic heterocycles. The van der Waals surface area contributed by atoms with Gasteiger partial charge in [0.15, 0.2) is 0 Å². The maximum atomic E-state index is 9.39. The summed E-state index contributed by atoms with van der Waals surface area (Å²) in [5.41, 5.74) is 1.88. The van der Waals surface area contributed by atoms with E-state index >= 15 is 0 Å². The molecule has 187 valence electrons. The van der Waals surface area contributed by atoms with Crippen LogP contribution in [0.2, 0.25) is 0 Å². The quantitative estimate of drug-likeness (QED) is 0.189. The third-order valence-electron chi connectivity index (χ3n) is 5.18. The van der Waals surface area contributed by atoms with Gasteiger partial charge < -0.3 is 39.7 Å². The molecule has 3 radical (unpaired) electrons. The molecule has 11 heteroatoms. The molecular formula is C24H34Ac3O8. The monoisotopic (exact) mass is 1130 g/mol. The Morgan fingerprint density at radius 2 is 1.03 bits per heavy atom. The minimum atomic E-state index is -0.988. The summed E-state index contributed by atoms with van der Waals surface area (Å²) in [6.07, 6.45) is -2.50. The first-order valence-electron chi connectivity index (χ1n) is 10.6. The van der Waals surface area contributed by atoms with Gasteiger partial charge in [-0.2, -0.15) is 0 Å². The van der Waals surface area contributed by atoms with Crippen molar-refractivity contribution in [2.45, 2.75) is 37.6 Å². The topological polar surface area (TPSA) is 129 Å². The Morgan fingerprint density at radius 1 is 0.629 bits per heavy atom. The summed E-state index contributed by atoms with van der Waals surface area (Å²) in [4.78, 5) is 0. The molecular weight excluding hydrogens is 1100 g/mol. The van der Waals surface area contributed by atoms with Gasteiger partial charge in [-0.3, -0.25) is 0 Å². The van der Waals surface area contributed by atoms with E-state index in [0.717, 1.165) is 11.1 Å². The number of aliphatic hydroxyl groups excluding tert-OH is 5. The van der Waals surface area contributed by atoms with E-state index in [2.05, 4.69) is 13.8 Å². The average molecular weight is 1130 g/mol. The van der Waals surface area contributed by atoms with E-state index in [1.807, 2.05) is 48.5 Å². The third-order valence-corrected chi connectivity index (χ3v) is 5.18. The van der Waals surface area contributed by atoms with Crippen LogP contribution in [0.3, 0.4) is 0 Å². The van der Waals surface area contributed by atoms with Crippen LogP contribution in [0.4, 0.5) is 0 Å². The summed E-state index contributed by atoms with van der Waals surface area (Å²) < 4.78 is 16.5. The molecule has 0 aliphatic carbocycles. The van der Waals surface area contributed by atoms with Gasteiger partial charge >= 0.3 is 0 Å². The number of hydrogen-bond donors (Lipinski definition) is 5. The van der Waals surface area contributed by atoms with Crippen molar-refractivity contribution >= 4 is 0 Å². The summed E-state index contributed by atoms with van der Waals surface area (Å²) >= 11 is 0. The molecule has 0 spiro atoms. The number of ether oxygens (including phenoxy) is 3. The van der Waals surface area contributed by atoms with Crippen LogP contribution in [-0.4, -0.2) is 83.5 Å². The zero-order valence-electron chi connectivity index (χ0n) is 20.3. The van der Waals surface area contributed by atoms with E-state index in [-0.39, 0.29) is 171 Å². The molecule has 2 aromatic carbocycles. The SMILES string of the molecule is CC(C)(c1ccc(OCC(O)CO)cc1)c1ccc(OCC(CO)OCC(O)CO)cc1.[Ac].[Ac].[Ac]. The van der Waals surface area contributed by atoms with Crippen LogP contribution in [0.25, 0.3) is 0 Å². The Balaban J connectivity index is 0. The molecule has 0 saturated carbocycles. The largest absolute Gasteiger partial charge is 0.491 e. The van der Waals surface area contributed by atoms with Gasteiger partial charge in [0.1, 0.15) is 43.0 Å². The van der Waals surface area contributed by atoms with Crippen molar-refractivity contribution in [1.82, 2.24) is 0 Å². The molecule has 5 N–H and O–H groups in total. The summed E-state index contributed by atoms with van der Waals surface area (Å²) in [5, 5.41) is 45.8. The fourth-order valence-electron chi connectivity index (χ4n) is 2.99. The predicted octanol–water partition coefficient (Wildman–Crippen LogP) is 0.854. The first-order chi connectivity index (χ1) is 15.3. The number of hydrogen-bond acceptors (Lipinski definition) is 8. The van der Waals surface area contributed by atoms with Gasteiger partial charge in [0.05, 0.1) is 26.4 Å². The van der Waals surface area contributed by atoms with Crippen LogP contribution in [-0.2, 0) is 10.2 Å². The fraction of sp³-hybridized carbons (Fsp3) is 0.500. The summed E-state index contributed by atoms with van der Waals surface area (Å²) in [6, 6.07) is 15.2. The van der Waals surface area contributed by atoms with E-state index in [0.29, 0.717) is 11.5 Å². The second-order valence-electron chi connectivity index (χ2n) is 8.11. The van der Waals surface area contributed by atoms with Crippen LogP contribution in [0.1, 0.15) is 25.0 Å². The predicted molar refractivity (Wildman–Crippen MR) is 119 cm³/mol. The fourth-order valence-corrected chi connectivity index (χ4v) is 2.99. The van der Waals surface area contributed by atoms with Gasteiger partial charge in [-0.1, -0.05) is 38.1 Å². The van der Waals surface area contributed by atoms with Crippen molar-refractivity contribution in [3.8, 4) is 11.5 Å². The van der Waals surface area contributed by atoms with Gasteiger partial charge in [-0.25, -0.2) is 0 Å². The van der Waals surface area contributed by atoms with E-state index in [4.69, 9.17) is 24.4 Å². The molecule has 0 heterocycles. The molecule has 35 heavy (non-hydrogen) atoms. The maximum absolute atomic E-state index is 9.39. The zero-order valence-corrected chi connectivity index (χ0v) is 34.5. The van der Waals surface area contributed by atoms with Crippen LogP contribution in [0.15, 0.2) is 48.5 Å². The second-order valence-corrected chi connectivity index (χ2v) is 8.11. The third kappa shape index (κ3) is 13.8. The van der Waals surface area contributed by atoms with E-state index < -0.39 is 24.9 Å². The summed E-state index contributed by atoms with van der Waals surface area (Å²) in [7, 11) is 0. The first-order valence-corrected chi connectivity index (χ1v) is 10.6. The van der Waals surface area contributed by atoms with Gasteiger partial charge in [-0.05, 0) is 35.4 Å². The van der Waals surface area contributed by atoms with Gasteiger partial charge in [0.2, 0.25) is 0 Å². The van der Waals surface area contributed by atoms with Crippen LogP contribution < -0.4 is 9.47 Å². The molecule has 3 atom stereocenters. The summed E-state index contributed by atoms with van der Waals surface area (Å²) in [5.74, 6) is 1.24. The Hall–Kier alpha value is 2.12.